The van der Waals surface area contributed by atoms with Crippen LogP contribution in [0.25, 0.3) is 0 Å². The molecular weight excluding hydrogens is 144 g/mol. The van der Waals surface area contributed by atoms with Gasteiger partial charge in [0.2, 0.25) is 0 Å². The fraction of sp³-hybridized carbons (Fsp3) is 1.00. The summed E-state index contributed by atoms with van der Waals surface area (Å²) in [5.74, 6) is 0. The van der Waals surface area contributed by atoms with Gasteiger partial charge in [0.05, 0.1) is 12.7 Å². The van der Waals surface area contributed by atoms with Gasteiger partial charge in [-0.05, 0) is 13.3 Å². The minimum absolute atomic E-state index is 0.391. The molecule has 3 heteroatoms. The van der Waals surface area contributed by atoms with Gasteiger partial charge in [0.25, 0.3) is 0 Å². The third-order valence-corrected chi connectivity index (χ3v) is 1.87. The largest absolute Gasteiger partial charge is 0.393 e. The maximum Gasteiger partial charge on any atom is 0.111 e. The number of hydrogen-bond acceptors (Lipinski definition) is 3. The summed E-state index contributed by atoms with van der Waals surface area (Å²) in [6.45, 7) is 3.06. The molecule has 3 nitrogen and oxygen atoms in total. The topological polar surface area (TPSA) is 60.7 Å². The van der Waals surface area contributed by atoms with E-state index in [4.69, 9.17) is 5.11 Å². The predicted octanol–water partition coefficient (Wildman–Crippen LogP) is 0.281. The van der Waals surface area contributed by atoms with Crippen LogP contribution in [-0.4, -0.2) is 33.6 Å². The molecule has 0 bridgehead atoms. The van der Waals surface area contributed by atoms with Gasteiger partial charge in [-0.25, -0.2) is 0 Å². The van der Waals surface area contributed by atoms with Crippen LogP contribution in [0, 0.1) is 0 Å². The van der Waals surface area contributed by atoms with Gasteiger partial charge in [-0.3, -0.25) is 0 Å². The van der Waals surface area contributed by atoms with Crippen molar-refractivity contribution in [2.75, 3.05) is 6.61 Å². The molecule has 3 N–H and O–H groups in total. The van der Waals surface area contributed by atoms with E-state index in [-0.39, 0.29) is 0 Å². The molecule has 0 spiro atoms. The summed E-state index contributed by atoms with van der Waals surface area (Å²) in [6.07, 6.45) is 1.59. The SMILES string of the molecule is CCCC[C@@H](O)[C@](C)(O)CO. The van der Waals surface area contributed by atoms with Crippen LogP contribution >= 0.6 is 0 Å². The fourth-order valence-electron chi connectivity index (χ4n) is 0.814. The number of aliphatic hydroxyl groups excluding tert-OH is 2. The van der Waals surface area contributed by atoms with Gasteiger partial charge in [-0.1, -0.05) is 19.8 Å². The molecule has 0 amide bonds. The molecule has 2 atom stereocenters. The zero-order chi connectivity index (χ0) is 8.91. The third kappa shape index (κ3) is 3.70. The minimum atomic E-state index is -1.34. The van der Waals surface area contributed by atoms with E-state index in [0.717, 1.165) is 12.8 Å². The highest BCUT2D eigenvalue weighted by atomic mass is 16.4. The van der Waals surface area contributed by atoms with Crippen LogP contribution in [0.15, 0.2) is 0 Å². The average Bonchev–Trinajstić information content (AvgIpc) is 2.00. The smallest absolute Gasteiger partial charge is 0.111 e. The van der Waals surface area contributed by atoms with Crippen molar-refractivity contribution in [3.63, 3.8) is 0 Å². The quantitative estimate of drug-likeness (QED) is 0.544. The lowest BCUT2D eigenvalue weighted by Crippen LogP contribution is -2.42. The Hall–Kier alpha value is -0.120. The number of rotatable bonds is 5. The fourth-order valence-corrected chi connectivity index (χ4v) is 0.814. The third-order valence-electron chi connectivity index (χ3n) is 1.87. The lowest BCUT2D eigenvalue weighted by molar-refractivity contribution is -0.0950. The maximum atomic E-state index is 9.32. The summed E-state index contributed by atoms with van der Waals surface area (Å²) in [5, 5.41) is 27.3. The van der Waals surface area contributed by atoms with Crippen molar-refractivity contribution in [2.45, 2.75) is 44.8 Å². The monoisotopic (exact) mass is 162 g/mol. The van der Waals surface area contributed by atoms with Crippen LogP contribution in [0.3, 0.4) is 0 Å². The molecule has 0 aliphatic carbocycles. The van der Waals surface area contributed by atoms with Gasteiger partial charge >= 0.3 is 0 Å². The molecule has 0 aliphatic heterocycles. The molecule has 0 heterocycles. The Morgan fingerprint density at radius 2 is 2.00 bits per heavy atom. The zero-order valence-corrected chi connectivity index (χ0v) is 7.25. The van der Waals surface area contributed by atoms with Crippen molar-refractivity contribution in [2.24, 2.45) is 0 Å². The summed E-state index contributed by atoms with van der Waals surface area (Å²) in [4.78, 5) is 0. The van der Waals surface area contributed by atoms with Gasteiger partial charge < -0.3 is 15.3 Å². The molecule has 0 radical (unpaired) electrons. The van der Waals surface area contributed by atoms with E-state index < -0.39 is 18.3 Å². The molecule has 0 fully saturated rings. The molecule has 0 aromatic carbocycles. The average molecular weight is 162 g/mol. The molecule has 0 aromatic rings. The second-order valence-electron chi connectivity index (χ2n) is 3.17. The molecular formula is C8H18O3. The van der Waals surface area contributed by atoms with Crippen molar-refractivity contribution in [1.82, 2.24) is 0 Å². The van der Waals surface area contributed by atoms with Crippen LogP contribution in [0.2, 0.25) is 0 Å². The lowest BCUT2D eigenvalue weighted by atomic mass is 9.96. The summed E-state index contributed by atoms with van der Waals surface area (Å²) in [7, 11) is 0. The first-order chi connectivity index (χ1) is 5.04. The Labute approximate surface area is 67.7 Å². The lowest BCUT2D eigenvalue weighted by Gasteiger charge is -2.26. The van der Waals surface area contributed by atoms with Gasteiger partial charge in [0.15, 0.2) is 0 Å². The summed E-state index contributed by atoms with van der Waals surface area (Å²) >= 11 is 0. The van der Waals surface area contributed by atoms with E-state index in [9.17, 15) is 10.2 Å². The van der Waals surface area contributed by atoms with E-state index >= 15 is 0 Å². The van der Waals surface area contributed by atoms with Gasteiger partial charge in [0, 0.05) is 0 Å². The zero-order valence-electron chi connectivity index (χ0n) is 7.25. The molecule has 0 saturated heterocycles. The van der Waals surface area contributed by atoms with Crippen molar-refractivity contribution in [3.8, 4) is 0 Å². The van der Waals surface area contributed by atoms with E-state index in [1.54, 1.807) is 0 Å². The van der Waals surface area contributed by atoms with Crippen LogP contribution in [-0.2, 0) is 0 Å². The van der Waals surface area contributed by atoms with Gasteiger partial charge in [-0.2, -0.15) is 0 Å². The van der Waals surface area contributed by atoms with Crippen molar-refractivity contribution < 1.29 is 15.3 Å². The van der Waals surface area contributed by atoms with Crippen LogP contribution in [0.1, 0.15) is 33.1 Å². The molecule has 0 unspecified atom stereocenters. The first-order valence-corrected chi connectivity index (χ1v) is 4.06. The van der Waals surface area contributed by atoms with E-state index in [2.05, 4.69) is 0 Å². The molecule has 11 heavy (non-hydrogen) atoms. The highest BCUT2D eigenvalue weighted by molar-refractivity contribution is 4.80. The standard InChI is InChI=1S/C8H18O3/c1-3-4-5-7(10)8(2,11)6-9/h7,9-11H,3-6H2,1-2H3/t7-,8-/m1/s1. The number of aliphatic hydroxyl groups is 3. The second kappa shape index (κ2) is 4.70. The Bertz CT molecular complexity index is 102. The van der Waals surface area contributed by atoms with Crippen molar-refractivity contribution >= 4 is 0 Å². The highest BCUT2D eigenvalue weighted by Crippen LogP contribution is 2.14. The number of hydrogen-bond donors (Lipinski definition) is 3. The van der Waals surface area contributed by atoms with Crippen LogP contribution in [0.4, 0.5) is 0 Å². The van der Waals surface area contributed by atoms with Crippen LogP contribution in [0.5, 0.6) is 0 Å². The van der Waals surface area contributed by atoms with E-state index in [1.165, 1.54) is 6.92 Å². The Morgan fingerprint density at radius 1 is 1.45 bits per heavy atom. The molecule has 0 aromatic heterocycles. The Kier molecular flexibility index (Phi) is 4.65. The molecule has 68 valence electrons. The van der Waals surface area contributed by atoms with E-state index in [1.807, 2.05) is 6.92 Å². The van der Waals surface area contributed by atoms with Gasteiger partial charge in [0.1, 0.15) is 5.60 Å². The maximum absolute atomic E-state index is 9.32. The Morgan fingerprint density at radius 3 is 2.36 bits per heavy atom. The van der Waals surface area contributed by atoms with Crippen LogP contribution < -0.4 is 0 Å². The Balaban J connectivity index is 3.71. The highest BCUT2D eigenvalue weighted by Gasteiger charge is 2.28. The molecule has 0 aliphatic rings. The summed E-state index contributed by atoms with van der Waals surface area (Å²) in [5.41, 5.74) is -1.34. The first-order valence-electron chi connectivity index (χ1n) is 4.06. The van der Waals surface area contributed by atoms with Gasteiger partial charge in [-0.15, -0.1) is 0 Å². The summed E-state index contributed by atoms with van der Waals surface area (Å²) in [6, 6.07) is 0. The second-order valence-corrected chi connectivity index (χ2v) is 3.17. The van der Waals surface area contributed by atoms with Crippen molar-refractivity contribution in [1.29, 1.82) is 0 Å². The first kappa shape index (κ1) is 10.9. The normalized spacial score (nSPS) is 19.4. The minimum Gasteiger partial charge on any atom is -0.393 e. The van der Waals surface area contributed by atoms with Crippen molar-refractivity contribution in [3.05, 3.63) is 0 Å². The number of unbranched alkanes of at least 4 members (excludes halogenated alkanes) is 1. The van der Waals surface area contributed by atoms with E-state index in [0.29, 0.717) is 6.42 Å². The molecule has 0 saturated carbocycles. The molecule has 0 rings (SSSR count). The predicted molar refractivity (Wildman–Crippen MR) is 43.2 cm³/mol. The summed E-state index contributed by atoms with van der Waals surface area (Å²) < 4.78 is 0.